The van der Waals surface area contributed by atoms with Crippen LogP contribution in [-0.2, 0) is 18.3 Å². The number of alkyl halides is 2. The molecule has 3 rings (SSSR count). The first-order chi connectivity index (χ1) is 13.7. The molecule has 0 amide bonds. The van der Waals surface area contributed by atoms with Crippen molar-refractivity contribution in [3.05, 3.63) is 57.6 Å². The minimum Gasteiger partial charge on any atom is -0.468 e. The second kappa shape index (κ2) is 8.78. The molecule has 3 heterocycles. The van der Waals surface area contributed by atoms with Crippen LogP contribution >= 0.6 is 11.3 Å². The highest BCUT2D eigenvalue weighted by atomic mass is 32.1. The Hall–Kier alpha value is -2.02. The summed E-state index contributed by atoms with van der Waals surface area (Å²) in [6, 6.07) is 1.45. The van der Waals surface area contributed by atoms with E-state index < -0.39 is 11.8 Å². The number of thiazole rings is 1. The fraction of sp³-hybridized carbons (Fsp3) is 0.545. The lowest BCUT2D eigenvalue weighted by Gasteiger charge is -2.20. The first-order valence-electron chi connectivity index (χ1n) is 9.92. The molecule has 0 radical (unpaired) electrons. The van der Waals surface area contributed by atoms with E-state index in [1.54, 1.807) is 11.3 Å². The number of hydrogen-bond acceptors (Lipinski definition) is 5. The summed E-state index contributed by atoms with van der Waals surface area (Å²) in [6.07, 6.45) is 4.71. The van der Waals surface area contributed by atoms with Gasteiger partial charge in [-0.15, -0.1) is 11.3 Å². The van der Waals surface area contributed by atoms with E-state index in [0.29, 0.717) is 24.0 Å². The number of halogens is 2. The van der Waals surface area contributed by atoms with Crippen LogP contribution in [0.3, 0.4) is 0 Å². The largest absolute Gasteiger partial charge is 0.468 e. The highest BCUT2D eigenvalue weighted by Crippen LogP contribution is 2.34. The van der Waals surface area contributed by atoms with Crippen molar-refractivity contribution in [3.63, 3.8) is 0 Å². The molecule has 0 aliphatic heterocycles. The average molecular weight is 423 g/mol. The van der Waals surface area contributed by atoms with Crippen molar-refractivity contribution in [1.82, 2.24) is 9.97 Å². The topological polar surface area (TPSA) is 52.1 Å². The Morgan fingerprint density at radius 3 is 2.52 bits per heavy atom. The summed E-state index contributed by atoms with van der Waals surface area (Å²) in [6.45, 7) is 10.3. The monoisotopic (exact) mass is 422 g/mol. The molecule has 0 saturated carbocycles. The van der Waals surface area contributed by atoms with Crippen molar-refractivity contribution in [2.75, 3.05) is 0 Å². The number of furan rings is 1. The number of aryl methyl sites for hydroxylation is 1. The standard InChI is InChI=1S/C22H28F2N2O2S/c1-13(2)16-10-25-19(28-16)7-6-14(3)17-11-26-20(29-17)9-22(4,5)18-8-15(12-27-18)21(23)24/h8,10-14,21H,6-7,9H2,1-5H3. The van der Waals surface area contributed by atoms with Crippen molar-refractivity contribution < 1.29 is 17.6 Å². The zero-order valence-electron chi connectivity index (χ0n) is 17.5. The number of oxazole rings is 1. The molecular weight excluding hydrogens is 394 g/mol. The Kier molecular flexibility index (Phi) is 6.56. The summed E-state index contributed by atoms with van der Waals surface area (Å²) >= 11 is 1.67. The fourth-order valence-electron chi connectivity index (χ4n) is 3.11. The molecule has 0 aromatic carbocycles. The van der Waals surface area contributed by atoms with Crippen LogP contribution in [0.25, 0.3) is 0 Å². The highest BCUT2D eigenvalue weighted by Gasteiger charge is 2.28. The van der Waals surface area contributed by atoms with Crippen molar-refractivity contribution in [1.29, 1.82) is 0 Å². The van der Waals surface area contributed by atoms with Gasteiger partial charge < -0.3 is 8.83 Å². The highest BCUT2D eigenvalue weighted by molar-refractivity contribution is 7.11. The summed E-state index contributed by atoms with van der Waals surface area (Å²) in [4.78, 5) is 10.1. The number of rotatable bonds is 9. The van der Waals surface area contributed by atoms with Crippen molar-refractivity contribution in [2.45, 2.75) is 77.6 Å². The second-order valence-corrected chi connectivity index (χ2v) is 9.66. The number of aromatic nitrogens is 2. The van der Waals surface area contributed by atoms with E-state index in [1.807, 2.05) is 26.2 Å². The molecule has 0 spiro atoms. The van der Waals surface area contributed by atoms with Crippen LogP contribution in [-0.4, -0.2) is 9.97 Å². The zero-order chi connectivity index (χ0) is 21.2. The van der Waals surface area contributed by atoms with Crippen LogP contribution in [0.4, 0.5) is 8.78 Å². The second-order valence-electron chi connectivity index (χ2n) is 8.51. The van der Waals surface area contributed by atoms with E-state index in [-0.39, 0.29) is 5.56 Å². The molecule has 0 saturated heterocycles. The van der Waals surface area contributed by atoms with Crippen LogP contribution in [0.1, 0.15) is 92.2 Å². The normalized spacial score (nSPS) is 13.6. The molecule has 158 valence electrons. The first-order valence-corrected chi connectivity index (χ1v) is 10.7. The van der Waals surface area contributed by atoms with Gasteiger partial charge in [-0.1, -0.05) is 34.6 Å². The summed E-state index contributed by atoms with van der Waals surface area (Å²) in [7, 11) is 0. The molecule has 7 heteroatoms. The van der Waals surface area contributed by atoms with E-state index in [9.17, 15) is 8.78 Å². The number of nitrogens with zero attached hydrogens (tertiary/aromatic N) is 2. The maximum absolute atomic E-state index is 12.8. The first kappa shape index (κ1) is 21.7. The van der Waals surface area contributed by atoms with Gasteiger partial charge in [0.15, 0.2) is 5.89 Å². The molecule has 4 nitrogen and oxygen atoms in total. The molecule has 0 aliphatic rings. The molecule has 0 bridgehead atoms. The fourth-order valence-corrected chi connectivity index (χ4v) is 4.34. The maximum Gasteiger partial charge on any atom is 0.266 e. The Morgan fingerprint density at radius 2 is 1.90 bits per heavy atom. The average Bonchev–Trinajstić information content (AvgIpc) is 3.39. The quantitative estimate of drug-likeness (QED) is 0.371. The van der Waals surface area contributed by atoms with Crippen molar-refractivity contribution >= 4 is 11.3 Å². The van der Waals surface area contributed by atoms with Gasteiger partial charge in [0.1, 0.15) is 11.5 Å². The van der Waals surface area contributed by atoms with Crippen LogP contribution < -0.4 is 0 Å². The lowest BCUT2D eigenvalue weighted by atomic mass is 9.86. The van der Waals surface area contributed by atoms with E-state index in [1.165, 1.54) is 10.9 Å². The van der Waals surface area contributed by atoms with Gasteiger partial charge in [0.25, 0.3) is 6.43 Å². The third-order valence-corrected chi connectivity index (χ3v) is 6.35. The van der Waals surface area contributed by atoms with Gasteiger partial charge in [0.05, 0.1) is 23.0 Å². The van der Waals surface area contributed by atoms with Gasteiger partial charge in [-0.25, -0.2) is 18.7 Å². The van der Waals surface area contributed by atoms with Gasteiger partial charge in [-0.3, -0.25) is 0 Å². The van der Waals surface area contributed by atoms with Crippen LogP contribution in [0.5, 0.6) is 0 Å². The van der Waals surface area contributed by atoms with Crippen LogP contribution in [0.15, 0.2) is 33.6 Å². The molecule has 3 aromatic heterocycles. The molecular formula is C22H28F2N2O2S. The predicted octanol–water partition coefficient (Wildman–Crippen LogP) is 7.04. The Labute approximate surface area is 174 Å². The lowest BCUT2D eigenvalue weighted by molar-refractivity contribution is 0.150. The van der Waals surface area contributed by atoms with Gasteiger partial charge in [-0.2, -0.15) is 0 Å². The predicted molar refractivity (Wildman–Crippen MR) is 110 cm³/mol. The summed E-state index contributed by atoms with van der Waals surface area (Å²) < 4.78 is 36.9. The molecule has 0 fully saturated rings. The lowest BCUT2D eigenvalue weighted by Crippen LogP contribution is -2.19. The molecule has 3 aromatic rings. The van der Waals surface area contributed by atoms with Crippen molar-refractivity contribution in [2.24, 2.45) is 0 Å². The minimum absolute atomic E-state index is 0.0753. The third-order valence-electron chi connectivity index (χ3n) is 5.12. The van der Waals surface area contributed by atoms with E-state index in [4.69, 9.17) is 8.83 Å². The van der Waals surface area contributed by atoms with Crippen LogP contribution in [0.2, 0.25) is 0 Å². The molecule has 0 aliphatic carbocycles. The van der Waals surface area contributed by atoms with Gasteiger partial charge in [0.2, 0.25) is 0 Å². The Morgan fingerprint density at radius 1 is 1.14 bits per heavy atom. The van der Waals surface area contributed by atoms with E-state index in [0.717, 1.165) is 35.8 Å². The number of hydrogen-bond donors (Lipinski definition) is 0. The summed E-state index contributed by atoms with van der Waals surface area (Å²) in [5.74, 6) is 2.93. The molecule has 1 unspecified atom stereocenters. The summed E-state index contributed by atoms with van der Waals surface area (Å²) in [5, 5.41) is 0.977. The van der Waals surface area contributed by atoms with Crippen LogP contribution in [0, 0.1) is 0 Å². The smallest absolute Gasteiger partial charge is 0.266 e. The van der Waals surface area contributed by atoms with Gasteiger partial charge in [0, 0.05) is 35.2 Å². The van der Waals surface area contributed by atoms with E-state index >= 15 is 0 Å². The molecule has 0 N–H and O–H groups in total. The van der Waals surface area contributed by atoms with Gasteiger partial charge in [-0.05, 0) is 18.4 Å². The third kappa shape index (κ3) is 5.32. The maximum atomic E-state index is 12.8. The molecule has 29 heavy (non-hydrogen) atoms. The zero-order valence-corrected chi connectivity index (χ0v) is 18.4. The Balaban J connectivity index is 1.60. The van der Waals surface area contributed by atoms with Gasteiger partial charge >= 0.3 is 0 Å². The SMILES string of the molecule is CC(C)c1cnc(CCC(C)c2cnc(CC(C)(C)c3cc(C(F)F)co3)s2)o1. The van der Waals surface area contributed by atoms with E-state index in [2.05, 4.69) is 30.7 Å². The minimum atomic E-state index is -2.52. The van der Waals surface area contributed by atoms with Crippen molar-refractivity contribution in [3.8, 4) is 0 Å². The Bertz CT molecular complexity index is 927. The summed E-state index contributed by atoms with van der Waals surface area (Å²) in [5.41, 5.74) is -0.481. The molecule has 1 atom stereocenters.